The van der Waals surface area contributed by atoms with Gasteiger partial charge in [0.25, 0.3) is 10.0 Å². The molecule has 112 valence electrons. The molecule has 0 spiro atoms. The van der Waals surface area contributed by atoms with Gasteiger partial charge in [0.15, 0.2) is 10.7 Å². The number of nitrogens with one attached hydrogen (secondary N) is 1. The van der Waals surface area contributed by atoms with Crippen LogP contribution in [0, 0.1) is 13.8 Å². The van der Waals surface area contributed by atoms with Crippen molar-refractivity contribution in [3.8, 4) is 0 Å². The van der Waals surface area contributed by atoms with E-state index >= 15 is 0 Å². The Labute approximate surface area is 125 Å². The zero-order chi connectivity index (χ0) is 15.8. The standard InChI is InChI=1S/C12H11ClN2O5S/c1-6-11(7(2)20-14-6)21(18,19)15-10-8(12(16)17)4-3-5-9(10)13/h3-5,15H,1-2H3,(H,16,17). The van der Waals surface area contributed by atoms with Gasteiger partial charge in [-0.05, 0) is 26.0 Å². The first kappa shape index (κ1) is 15.3. The van der Waals surface area contributed by atoms with Crippen LogP contribution >= 0.6 is 11.6 Å². The van der Waals surface area contributed by atoms with Crippen molar-refractivity contribution in [2.24, 2.45) is 0 Å². The van der Waals surface area contributed by atoms with Crippen molar-refractivity contribution in [2.45, 2.75) is 18.7 Å². The van der Waals surface area contributed by atoms with E-state index in [9.17, 15) is 13.2 Å². The number of hydrogen-bond donors (Lipinski definition) is 2. The van der Waals surface area contributed by atoms with E-state index in [1.54, 1.807) is 0 Å². The van der Waals surface area contributed by atoms with Crippen LogP contribution < -0.4 is 4.72 Å². The summed E-state index contributed by atoms with van der Waals surface area (Å²) >= 11 is 5.89. The van der Waals surface area contributed by atoms with Crippen LogP contribution in [-0.4, -0.2) is 24.7 Å². The summed E-state index contributed by atoms with van der Waals surface area (Å²) < 4.78 is 31.7. The fraction of sp³-hybridized carbons (Fsp3) is 0.167. The van der Waals surface area contributed by atoms with Crippen molar-refractivity contribution in [2.75, 3.05) is 4.72 Å². The van der Waals surface area contributed by atoms with Crippen LogP contribution in [0.2, 0.25) is 5.02 Å². The van der Waals surface area contributed by atoms with E-state index in [-0.39, 0.29) is 32.6 Å². The van der Waals surface area contributed by atoms with Gasteiger partial charge < -0.3 is 9.63 Å². The number of sulfonamides is 1. The van der Waals surface area contributed by atoms with Crippen LogP contribution in [0.15, 0.2) is 27.6 Å². The summed E-state index contributed by atoms with van der Waals surface area (Å²) in [5, 5.41) is 12.6. The molecule has 0 aliphatic rings. The monoisotopic (exact) mass is 330 g/mol. The van der Waals surface area contributed by atoms with Gasteiger partial charge >= 0.3 is 5.97 Å². The fourth-order valence-electron chi connectivity index (χ4n) is 1.85. The molecule has 2 N–H and O–H groups in total. The van der Waals surface area contributed by atoms with Crippen molar-refractivity contribution >= 4 is 33.3 Å². The third-order valence-electron chi connectivity index (χ3n) is 2.72. The number of aromatic carboxylic acids is 1. The summed E-state index contributed by atoms with van der Waals surface area (Å²) in [7, 11) is -4.06. The average molecular weight is 331 g/mol. The third-order valence-corrected chi connectivity index (χ3v) is 4.63. The second-order valence-electron chi connectivity index (χ2n) is 4.23. The number of aryl methyl sites for hydroxylation is 2. The van der Waals surface area contributed by atoms with Crippen LogP contribution in [0.3, 0.4) is 0 Å². The van der Waals surface area contributed by atoms with E-state index < -0.39 is 16.0 Å². The highest BCUT2D eigenvalue weighted by Crippen LogP contribution is 2.30. The molecule has 0 amide bonds. The number of para-hydroxylation sites is 1. The minimum atomic E-state index is -4.06. The van der Waals surface area contributed by atoms with Crippen LogP contribution in [-0.2, 0) is 10.0 Å². The molecule has 0 aliphatic heterocycles. The molecule has 7 nitrogen and oxygen atoms in total. The molecule has 0 saturated carbocycles. The number of benzene rings is 1. The molecule has 9 heteroatoms. The molecule has 1 aromatic carbocycles. The van der Waals surface area contributed by atoms with Crippen LogP contribution in [0.1, 0.15) is 21.8 Å². The Balaban J connectivity index is 2.55. The molecule has 21 heavy (non-hydrogen) atoms. The molecule has 0 saturated heterocycles. The molecule has 0 fully saturated rings. The lowest BCUT2D eigenvalue weighted by Gasteiger charge is -2.11. The molecular formula is C12H11ClN2O5S. The predicted octanol–water partition coefficient (Wildman–Crippen LogP) is 2.44. The van der Waals surface area contributed by atoms with Crippen molar-refractivity contribution in [3.63, 3.8) is 0 Å². The number of anilines is 1. The van der Waals surface area contributed by atoms with Crippen LogP contribution in [0.25, 0.3) is 0 Å². The normalized spacial score (nSPS) is 11.4. The Bertz CT molecular complexity index is 794. The van der Waals surface area contributed by atoms with E-state index in [0.29, 0.717) is 0 Å². The fourth-order valence-corrected chi connectivity index (χ4v) is 3.56. The smallest absolute Gasteiger partial charge is 0.337 e. The lowest BCUT2D eigenvalue weighted by atomic mass is 10.2. The average Bonchev–Trinajstić information content (AvgIpc) is 2.71. The highest BCUT2D eigenvalue weighted by atomic mass is 35.5. The summed E-state index contributed by atoms with van der Waals surface area (Å²) in [6.07, 6.45) is 0. The molecule has 2 aromatic rings. The van der Waals surface area contributed by atoms with Gasteiger partial charge in [-0.15, -0.1) is 0 Å². The predicted molar refractivity (Wildman–Crippen MR) is 75.2 cm³/mol. The maximum Gasteiger partial charge on any atom is 0.337 e. The maximum atomic E-state index is 12.4. The first-order valence-corrected chi connectivity index (χ1v) is 7.57. The molecule has 1 aromatic heterocycles. The molecule has 2 rings (SSSR count). The van der Waals surface area contributed by atoms with Gasteiger partial charge in [-0.25, -0.2) is 13.2 Å². The third kappa shape index (κ3) is 2.86. The first-order chi connectivity index (χ1) is 9.74. The van der Waals surface area contributed by atoms with Gasteiger partial charge in [0, 0.05) is 0 Å². The van der Waals surface area contributed by atoms with Gasteiger partial charge in [0.2, 0.25) is 0 Å². The number of carbonyl (C=O) groups is 1. The molecule has 0 bridgehead atoms. The van der Waals surface area contributed by atoms with Crippen molar-refractivity contribution in [1.82, 2.24) is 5.16 Å². The number of rotatable bonds is 4. The van der Waals surface area contributed by atoms with E-state index in [1.807, 2.05) is 0 Å². The minimum absolute atomic E-state index is 0.0229. The minimum Gasteiger partial charge on any atom is -0.478 e. The Morgan fingerprint density at radius 1 is 1.38 bits per heavy atom. The summed E-state index contributed by atoms with van der Waals surface area (Å²) in [6.45, 7) is 2.91. The Hall–Kier alpha value is -2.06. The Morgan fingerprint density at radius 2 is 2.05 bits per heavy atom. The highest BCUT2D eigenvalue weighted by molar-refractivity contribution is 7.92. The largest absolute Gasteiger partial charge is 0.478 e. The van der Waals surface area contributed by atoms with Gasteiger partial charge in [-0.1, -0.05) is 22.8 Å². The molecule has 0 radical (unpaired) electrons. The van der Waals surface area contributed by atoms with E-state index in [4.69, 9.17) is 21.2 Å². The van der Waals surface area contributed by atoms with Crippen molar-refractivity contribution < 1.29 is 22.8 Å². The second kappa shape index (κ2) is 5.38. The lowest BCUT2D eigenvalue weighted by molar-refractivity contribution is 0.0698. The van der Waals surface area contributed by atoms with E-state index in [2.05, 4.69) is 9.88 Å². The second-order valence-corrected chi connectivity index (χ2v) is 6.25. The zero-order valence-electron chi connectivity index (χ0n) is 11.0. The van der Waals surface area contributed by atoms with E-state index in [0.717, 1.165) is 0 Å². The topological polar surface area (TPSA) is 110 Å². The van der Waals surface area contributed by atoms with Crippen molar-refractivity contribution in [1.29, 1.82) is 0 Å². The van der Waals surface area contributed by atoms with Crippen LogP contribution in [0.4, 0.5) is 5.69 Å². The summed E-state index contributed by atoms with van der Waals surface area (Å²) in [6, 6.07) is 4.05. The van der Waals surface area contributed by atoms with Gasteiger partial charge in [0.1, 0.15) is 5.69 Å². The first-order valence-electron chi connectivity index (χ1n) is 5.71. The molecule has 0 aliphatic carbocycles. The molecule has 0 atom stereocenters. The van der Waals surface area contributed by atoms with Gasteiger partial charge in [-0.3, -0.25) is 4.72 Å². The lowest BCUT2D eigenvalue weighted by Crippen LogP contribution is -2.17. The van der Waals surface area contributed by atoms with Gasteiger partial charge in [-0.2, -0.15) is 0 Å². The highest BCUT2D eigenvalue weighted by Gasteiger charge is 2.26. The number of nitrogens with zero attached hydrogens (tertiary/aromatic N) is 1. The summed E-state index contributed by atoms with van der Waals surface area (Å²) in [5.41, 5.74) is -0.284. The number of aromatic nitrogens is 1. The molecular weight excluding hydrogens is 320 g/mol. The molecule has 0 unspecified atom stereocenters. The zero-order valence-corrected chi connectivity index (χ0v) is 12.6. The van der Waals surface area contributed by atoms with E-state index in [1.165, 1.54) is 32.0 Å². The maximum absolute atomic E-state index is 12.4. The van der Waals surface area contributed by atoms with Crippen LogP contribution in [0.5, 0.6) is 0 Å². The number of halogens is 1. The SMILES string of the molecule is Cc1noc(C)c1S(=O)(=O)Nc1c(Cl)cccc1C(=O)O. The molecule has 1 heterocycles. The van der Waals surface area contributed by atoms with Gasteiger partial charge in [0.05, 0.1) is 16.3 Å². The summed E-state index contributed by atoms with van der Waals surface area (Å²) in [4.78, 5) is 11.0. The Morgan fingerprint density at radius 3 is 2.57 bits per heavy atom. The number of carboxylic acid groups (broad SMARTS) is 1. The quantitative estimate of drug-likeness (QED) is 0.891. The Kier molecular flexibility index (Phi) is 3.93. The summed E-state index contributed by atoms with van der Waals surface area (Å²) in [5.74, 6) is -1.20. The van der Waals surface area contributed by atoms with Crippen molar-refractivity contribution in [3.05, 3.63) is 40.2 Å². The number of carboxylic acids is 1. The number of hydrogen-bond acceptors (Lipinski definition) is 5.